The number of aromatic amines is 1. The third kappa shape index (κ3) is 3.78. The minimum Gasteiger partial charge on any atom is -0.367 e. The molecule has 8 nitrogen and oxygen atoms in total. The van der Waals surface area contributed by atoms with Crippen molar-refractivity contribution in [1.29, 1.82) is 0 Å². The molecule has 1 amide bonds. The minimum atomic E-state index is -0.138. The van der Waals surface area contributed by atoms with Crippen molar-refractivity contribution in [3.05, 3.63) is 29.7 Å². The zero-order chi connectivity index (χ0) is 15.4. The van der Waals surface area contributed by atoms with Gasteiger partial charge in [0, 0.05) is 24.7 Å². The molecule has 0 aliphatic heterocycles. The molecule has 1 atom stereocenters. The van der Waals surface area contributed by atoms with Crippen LogP contribution in [0.5, 0.6) is 0 Å². The Labute approximate surface area is 128 Å². The van der Waals surface area contributed by atoms with Gasteiger partial charge < -0.3 is 10.6 Å². The summed E-state index contributed by atoms with van der Waals surface area (Å²) < 4.78 is 0. The fourth-order valence-electron chi connectivity index (χ4n) is 2.11. The Morgan fingerprint density at radius 3 is 2.91 bits per heavy atom. The van der Waals surface area contributed by atoms with Crippen LogP contribution in [-0.4, -0.2) is 43.6 Å². The molecule has 0 radical (unpaired) electrons. The highest BCUT2D eigenvalue weighted by Gasteiger charge is 2.21. The molecule has 1 fully saturated rings. The topological polar surface area (TPSA) is 108 Å². The highest BCUT2D eigenvalue weighted by atomic mass is 16.1. The van der Waals surface area contributed by atoms with E-state index in [1.54, 1.807) is 12.3 Å². The lowest BCUT2D eigenvalue weighted by molar-refractivity contribution is 0.0935. The third-order valence-corrected chi connectivity index (χ3v) is 3.60. The Balaban J connectivity index is 1.57. The maximum Gasteiger partial charge on any atom is 0.253 e. The summed E-state index contributed by atoms with van der Waals surface area (Å²) in [5.74, 6) is 1.27. The van der Waals surface area contributed by atoms with Crippen LogP contribution in [0.4, 0.5) is 5.82 Å². The summed E-state index contributed by atoms with van der Waals surface area (Å²) in [7, 11) is 0. The van der Waals surface area contributed by atoms with Gasteiger partial charge in [0.05, 0.1) is 5.56 Å². The van der Waals surface area contributed by atoms with E-state index in [0.29, 0.717) is 23.9 Å². The standard InChI is InChI=1S/C14H19N7O/c1-2-10(7-13-18-20-21-19-13)17-14(22)9-3-6-12(15-8-9)16-11-4-5-11/h3,6,8,10-11H,2,4-5,7H2,1H3,(H,15,16)(H,17,22)(H,18,19,20,21). The number of amides is 1. The molecular formula is C14H19N7O. The number of hydrogen-bond donors (Lipinski definition) is 3. The van der Waals surface area contributed by atoms with Crippen molar-refractivity contribution in [2.24, 2.45) is 0 Å². The lowest BCUT2D eigenvalue weighted by atomic mass is 10.1. The van der Waals surface area contributed by atoms with E-state index in [1.165, 1.54) is 12.8 Å². The van der Waals surface area contributed by atoms with Gasteiger partial charge >= 0.3 is 0 Å². The number of carbonyl (C=O) groups excluding carboxylic acids is 1. The van der Waals surface area contributed by atoms with E-state index in [9.17, 15) is 4.79 Å². The summed E-state index contributed by atoms with van der Waals surface area (Å²) in [6.07, 6.45) is 5.32. The Morgan fingerprint density at radius 1 is 1.45 bits per heavy atom. The molecule has 3 N–H and O–H groups in total. The number of anilines is 1. The van der Waals surface area contributed by atoms with Gasteiger partial charge in [0.25, 0.3) is 5.91 Å². The maximum atomic E-state index is 12.3. The average Bonchev–Trinajstić information content (AvgIpc) is 3.20. The summed E-state index contributed by atoms with van der Waals surface area (Å²) in [6.45, 7) is 2.01. The van der Waals surface area contributed by atoms with Crippen LogP contribution in [0.25, 0.3) is 0 Å². The van der Waals surface area contributed by atoms with E-state index in [2.05, 4.69) is 36.2 Å². The van der Waals surface area contributed by atoms with Gasteiger partial charge in [0.15, 0.2) is 5.82 Å². The second kappa shape index (κ2) is 6.50. The summed E-state index contributed by atoms with van der Waals surface area (Å²) in [4.78, 5) is 16.5. The molecule has 1 aliphatic carbocycles. The normalized spacial score (nSPS) is 15.3. The first-order valence-corrected chi connectivity index (χ1v) is 7.50. The molecular weight excluding hydrogens is 282 g/mol. The summed E-state index contributed by atoms with van der Waals surface area (Å²) in [6, 6.07) is 4.14. The number of nitrogens with zero attached hydrogens (tertiary/aromatic N) is 4. The van der Waals surface area contributed by atoms with Crippen molar-refractivity contribution in [3.63, 3.8) is 0 Å². The molecule has 2 aromatic heterocycles. The van der Waals surface area contributed by atoms with E-state index in [1.807, 2.05) is 13.0 Å². The van der Waals surface area contributed by atoms with Crippen LogP contribution >= 0.6 is 0 Å². The molecule has 2 aromatic rings. The molecule has 8 heteroatoms. The van der Waals surface area contributed by atoms with Gasteiger partial charge in [-0.05, 0) is 31.4 Å². The minimum absolute atomic E-state index is 0.0330. The predicted molar refractivity (Wildman–Crippen MR) is 80.3 cm³/mol. The van der Waals surface area contributed by atoms with Gasteiger partial charge in [0.2, 0.25) is 0 Å². The average molecular weight is 301 g/mol. The van der Waals surface area contributed by atoms with Gasteiger partial charge in [-0.3, -0.25) is 4.79 Å². The number of hydrogen-bond acceptors (Lipinski definition) is 6. The molecule has 0 saturated heterocycles. The monoisotopic (exact) mass is 301 g/mol. The van der Waals surface area contributed by atoms with Crippen molar-refractivity contribution in [2.75, 3.05) is 5.32 Å². The van der Waals surface area contributed by atoms with E-state index in [0.717, 1.165) is 12.2 Å². The Bertz CT molecular complexity index is 607. The quantitative estimate of drug-likeness (QED) is 0.701. The molecule has 0 spiro atoms. The van der Waals surface area contributed by atoms with Gasteiger partial charge in [-0.25, -0.2) is 4.98 Å². The first kappa shape index (κ1) is 14.4. The van der Waals surface area contributed by atoms with Gasteiger partial charge in [-0.15, -0.1) is 10.2 Å². The highest BCUT2D eigenvalue weighted by Crippen LogP contribution is 2.23. The zero-order valence-electron chi connectivity index (χ0n) is 12.4. The van der Waals surface area contributed by atoms with Crippen molar-refractivity contribution in [2.45, 2.75) is 44.7 Å². The second-order valence-electron chi connectivity index (χ2n) is 5.46. The summed E-state index contributed by atoms with van der Waals surface area (Å²) in [5.41, 5.74) is 0.549. The molecule has 0 bridgehead atoms. The Hall–Kier alpha value is -2.51. The van der Waals surface area contributed by atoms with E-state index in [-0.39, 0.29) is 11.9 Å². The van der Waals surface area contributed by atoms with Crippen molar-refractivity contribution in [3.8, 4) is 0 Å². The second-order valence-corrected chi connectivity index (χ2v) is 5.46. The van der Waals surface area contributed by atoms with Crippen LogP contribution < -0.4 is 10.6 Å². The fourth-order valence-corrected chi connectivity index (χ4v) is 2.11. The number of carbonyl (C=O) groups is 1. The van der Waals surface area contributed by atoms with Crippen molar-refractivity contribution >= 4 is 11.7 Å². The van der Waals surface area contributed by atoms with Gasteiger partial charge in [-0.2, -0.15) is 5.21 Å². The van der Waals surface area contributed by atoms with Crippen LogP contribution in [0.1, 0.15) is 42.4 Å². The molecule has 22 heavy (non-hydrogen) atoms. The van der Waals surface area contributed by atoms with Crippen LogP contribution in [0.2, 0.25) is 0 Å². The smallest absolute Gasteiger partial charge is 0.253 e. The number of aromatic nitrogens is 5. The third-order valence-electron chi connectivity index (χ3n) is 3.60. The number of H-pyrrole nitrogens is 1. The SMILES string of the molecule is CCC(Cc1nn[nH]n1)NC(=O)c1ccc(NC2CC2)nc1. The Morgan fingerprint density at radius 2 is 2.32 bits per heavy atom. The number of pyridine rings is 1. The van der Waals surface area contributed by atoms with Crippen LogP contribution in [0.3, 0.4) is 0 Å². The van der Waals surface area contributed by atoms with Crippen LogP contribution in [0, 0.1) is 0 Å². The van der Waals surface area contributed by atoms with E-state index < -0.39 is 0 Å². The molecule has 0 aromatic carbocycles. The van der Waals surface area contributed by atoms with Gasteiger partial charge in [-0.1, -0.05) is 12.1 Å². The number of nitrogens with one attached hydrogen (secondary N) is 3. The number of tetrazole rings is 1. The van der Waals surface area contributed by atoms with Crippen LogP contribution in [0.15, 0.2) is 18.3 Å². The molecule has 1 unspecified atom stereocenters. The number of rotatable bonds is 7. The first-order valence-electron chi connectivity index (χ1n) is 7.50. The van der Waals surface area contributed by atoms with E-state index in [4.69, 9.17) is 0 Å². The molecule has 116 valence electrons. The lowest BCUT2D eigenvalue weighted by Crippen LogP contribution is -2.36. The summed E-state index contributed by atoms with van der Waals surface area (Å²) in [5, 5.41) is 20.0. The largest absolute Gasteiger partial charge is 0.367 e. The van der Waals surface area contributed by atoms with Gasteiger partial charge in [0.1, 0.15) is 5.82 Å². The predicted octanol–water partition coefficient (Wildman–Crippen LogP) is 0.920. The highest BCUT2D eigenvalue weighted by molar-refractivity contribution is 5.94. The first-order chi connectivity index (χ1) is 10.7. The summed E-state index contributed by atoms with van der Waals surface area (Å²) >= 11 is 0. The molecule has 1 aliphatic rings. The van der Waals surface area contributed by atoms with Crippen LogP contribution in [-0.2, 0) is 6.42 Å². The van der Waals surface area contributed by atoms with E-state index >= 15 is 0 Å². The van der Waals surface area contributed by atoms with Crippen molar-refractivity contribution in [1.82, 2.24) is 30.9 Å². The fraction of sp³-hybridized carbons (Fsp3) is 0.500. The zero-order valence-corrected chi connectivity index (χ0v) is 12.4. The molecule has 2 heterocycles. The lowest BCUT2D eigenvalue weighted by Gasteiger charge is -2.15. The van der Waals surface area contributed by atoms with Crippen molar-refractivity contribution < 1.29 is 4.79 Å². The molecule has 1 saturated carbocycles. The maximum absolute atomic E-state index is 12.3. The Kier molecular flexibility index (Phi) is 4.27. The molecule has 3 rings (SSSR count).